The fourth-order valence-electron chi connectivity index (χ4n) is 1.49. The molecule has 1 aliphatic rings. The number of benzene rings is 1. The average molecular weight is 190 g/mol. The third-order valence-corrected chi connectivity index (χ3v) is 2.12. The maximum absolute atomic E-state index is 11.0. The molecule has 1 aliphatic heterocycles. The molecule has 1 aromatic carbocycles. The number of hydrogen-bond donors (Lipinski definition) is 1. The van der Waals surface area contributed by atoms with E-state index in [4.69, 9.17) is 9.47 Å². The summed E-state index contributed by atoms with van der Waals surface area (Å²) in [6, 6.07) is 3.62. The highest BCUT2D eigenvalue weighted by molar-refractivity contribution is 5.86. The van der Waals surface area contributed by atoms with Crippen LogP contribution in [0, 0.1) is 0 Å². The number of nitrogens with zero attached hydrogens (tertiary/aromatic N) is 1. The topological polar surface area (TPSA) is 64.2 Å². The standard InChI is InChI=1S/C9H6N2O3/c12-9-10-3-5-1-2-6-8(7(5)11-9)14-4-13-6/h1-3H,4H2,(H,10,11,12). The van der Waals surface area contributed by atoms with Crippen LogP contribution in [0.5, 0.6) is 11.5 Å². The van der Waals surface area contributed by atoms with Crippen LogP contribution < -0.4 is 15.2 Å². The van der Waals surface area contributed by atoms with Crippen molar-refractivity contribution in [2.75, 3.05) is 6.79 Å². The average Bonchev–Trinajstić information content (AvgIpc) is 2.65. The third kappa shape index (κ3) is 0.891. The van der Waals surface area contributed by atoms with Crippen LogP contribution in [0.25, 0.3) is 10.9 Å². The smallest absolute Gasteiger partial charge is 0.345 e. The molecule has 70 valence electrons. The first-order valence-electron chi connectivity index (χ1n) is 4.12. The van der Waals surface area contributed by atoms with Gasteiger partial charge in [0, 0.05) is 11.6 Å². The Hall–Kier alpha value is -2.04. The lowest BCUT2D eigenvalue weighted by molar-refractivity contribution is 0.174. The van der Waals surface area contributed by atoms with Gasteiger partial charge in [-0.1, -0.05) is 0 Å². The fourth-order valence-corrected chi connectivity index (χ4v) is 1.49. The molecule has 0 saturated carbocycles. The van der Waals surface area contributed by atoms with Gasteiger partial charge in [-0.15, -0.1) is 0 Å². The molecule has 0 radical (unpaired) electrons. The number of aromatic amines is 1. The van der Waals surface area contributed by atoms with Gasteiger partial charge in [-0.05, 0) is 12.1 Å². The van der Waals surface area contributed by atoms with Crippen molar-refractivity contribution in [1.82, 2.24) is 9.97 Å². The van der Waals surface area contributed by atoms with Crippen LogP contribution in [-0.2, 0) is 0 Å². The maximum Gasteiger partial charge on any atom is 0.345 e. The summed E-state index contributed by atoms with van der Waals surface area (Å²) in [5.41, 5.74) is 0.251. The number of nitrogens with one attached hydrogen (secondary N) is 1. The molecule has 0 saturated heterocycles. The lowest BCUT2D eigenvalue weighted by Crippen LogP contribution is -2.08. The summed E-state index contributed by atoms with van der Waals surface area (Å²) in [5, 5.41) is 0.828. The van der Waals surface area contributed by atoms with Gasteiger partial charge in [0.1, 0.15) is 0 Å². The predicted octanol–water partition coefficient (Wildman–Crippen LogP) is 0.652. The molecule has 5 nitrogen and oxygen atoms in total. The van der Waals surface area contributed by atoms with Crippen molar-refractivity contribution >= 4 is 10.9 Å². The SMILES string of the molecule is O=c1ncc2ccc3c(c2[nH]1)OCO3. The van der Waals surface area contributed by atoms with Gasteiger partial charge in [0.25, 0.3) is 0 Å². The molecule has 0 amide bonds. The monoisotopic (exact) mass is 190 g/mol. The molecular weight excluding hydrogens is 184 g/mol. The largest absolute Gasteiger partial charge is 0.454 e. The molecule has 2 aromatic rings. The Morgan fingerprint density at radius 1 is 1.36 bits per heavy atom. The molecule has 2 heterocycles. The first-order valence-corrected chi connectivity index (χ1v) is 4.12. The number of rotatable bonds is 0. The minimum absolute atomic E-state index is 0.193. The molecule has 5 heteroatoms. The Kier molecular flexibility index (Phi) is 1.30. The van der Waals surface area contributed by atoms with Crippen LogP contribution in [0.4, 0.5) is 0 Å². The lowest BCUT2D eigenvalue weighted by Gasteiger charge is -2.00. The molecular formula is C9H6N2O3. The highest BCUT2D eigenvalue weighted by atomic mass is 16.7. The van der Waals surface area contributed by atoms with Gasteiger partial charge in [-0.3, -0.25) is 0 Å². The van der Waals surface area contributed by atoms with Crippen LogP contribution in [0.15, 0.2) is 23.1 Å². The van der Waals surface area contributed by atoms with E-state index in [1.807, 2.05) is 6.07 Å². The summed E-state index contributed by atoms with van der Waals surface area (Å²) >= 11 is 0. The van der Waals surface area contributed by atoms with Gasteiger partial charge in [0.05, 0.1) is 5.52 Å². The third-order valence-electron chi connectivity index (χ3n) is 2.12. The van der Waals surface area contributed by atoms with Gasteiger partial charge in [0.15, 0.2) is 11.5 Å². The second kappa shape index (κ2) is 2.47. The Balaban J connectivity index is 2.47. The van der Waals surface area contributed by atoms with E-state index in [2.05, 4.69) is 9.97 Å². The van der Waals surface area contributed by atoms with Crippen molar-refractivity contribution in [3.05, 3.63) is 28.8 Å². The number of aromatic nitrogens is 2. The molecule has 1 aromatic heterocycles. The van der Waals surface area contributed by atoms with Gasteiger partial charge in [-0.2, -0.15) is 0 Å². The number of H-pyrrole nitrogens is 1. The lowest BCUT2D eigenvalue weighted by atomic mass is 10.2. The first-order chi connectivity index (χ1) is 6.84. The molecule has 0 aliphatic carbocycles. The normalized spacial score (nSPS) is 13.4. The molecule has 0 atom stereocenters. The van der Waals surface area contributed by atoms with Crippen molar-refractivity contribution in [2.24, 2.45) is 0 Å². The zero-order valence-corrected chi connectivity index (χ0v) is 7.11. The Morgan fingerprint density at radius 3 is 3.21 bits per heavy atom. The van der Waals surface area contributed by atoms with Crippen molar-refractivity contribution in [2.45, 2.75) is 0 Å². The molecule has 0 spiro atoms. The second-order valence-electron chi connectivity index (χ2n) is 2.95. The van der Waals surface area contributed by atoms with E-state index in [0.717, 1.165) is 5.39 Å². The molecule has 3 rings (SSSR count). The Labute approximate surface area is 78.3 Å². The highest BCUT2D eigenvalue weighted by Crippen LogP contribution is 2.36. The van der Waals surface area contributed by atoms with Crippen LogP contribution >= 0.6 is 0 Å². The van der Waals surface area contributed by atoms with Gasteiger partial charge in [0.2, 0.25) is 6.79 Å². The summed E-state index contributed by atoms with van der Waals surface area (Å²) in [4.78, 5) is 17.3. The number of hydrogen-bond acceptors (Lipinski definition) is 4. The zero-order valence-electron chi connectivity index (χ0n) is 7.11. The summed E-state index contributed by atoms with van der Waals surface area (Å²) in [6.07, 6.45) is 1.51. The van der Waals surface area contributed by atoms with E-state index in [0.29, 0.717) is 17.0 Å². The molecule has 0 unspecified atom stereocenters. The van der Waals surface area contributed by atoms with E-state index in [1.54, 1.807) is 6.07 Å². The van der Waals surface area contributed by atoms with Crippen LogP contribution in [0.1, 0.15) is 0 Å². The van der Waals surface area contributed by atoms with Gasteiger partial charge >= 0.3 is 5.69 Å². The quantitative estimate of drug-likeness (QED) is 0.662. The maximum atomic E-state index is 11.0. The second-order valence-corrected chi connectivity index (χ2v) is 2.95. The number of ether oxygens (including phenoxy) is 2. The van der Waals surface area contributed by atoms with E-state index >= 15 is 0 Å². The highest BCUT2D eigenvalue weighted by Gasteiger charge is 2.16. The van der Waals surface area contributed by atoms with E-state index in [-0.39, 0.29) is 12.5 Å². The van der Waals surface area contributed by atoms with Crippen LogP contribution in [0.2, 0.25) is 0 Å². The predicted molar refractivity (Wildman–Crippen MR) is 48.5 cm³/mol. The summed E-state index contributed by atoms with van der Waals surface area (Å²) < 4.78 is 10.4. The molecule has 0 bridgehead atoms. The van der Waals surface area contributed by atoms with E-state index < -0.39 is 0 Å². The fraction of sp³-hybridized carbons (Fsp3) is 0.111. The molecule has 0 fully saturated rings. The van der Waals surface area contributed by atoms with E-state index in [9.17, 15) is 4.79 Å². The summed E-state index contributed by atoms with van der Waals surface area (Å²) in [6.45, 7) is 0.193. The summed E-state index contributed by atoms with van der Waals surface area (Å²) in [7, 11) is 0. The molecule has 14 heavy (non-hydrogen) atoms. The minimum atomic E-state index is -0.388. The Bertz CT molecular complexity index is 561. The zero-order chi connectivity index (χ0) is 9.54. The van der Waals surface area contributed by atoms with Crippen LogP contribution in [0.3, 0.4) is 0 Å². The van der Waals surface area contributed by atoms with E-state index in [1.165, 1.54) is 6.20 Å². The van der Waals surface area contributed by atoms with Crippen LogP contribution in [-0.4, -0.2) is 16.8 Å². The molecule has 1 N–H and O–H groups in total. The van der Waals surface area contributed by atoms with Gasteiger partial charge < -0.3 is 14.5 Å². The van der Waals surface area contributed by atoms with Crippen molar-refractivity contribution in [3.8, 4) is 11.5 Å². The minimum Gasteiger partial charge on any atom is -0.454 e. The number of fused-ring (bicyclic) bond motifs is 3. The Morgan fingerprint density at radius 2 is 2.29 bits per heavy atom. The van der Waals surface area contributed by atoms with Gasteiger partial charge in [-0.25, -0.2) is 9.78 Å². The first kappa shape index (κ1) is 7.37. The summed E-state index contributed by atoms with van der Waals surface area (Å²) in [5.74, 6) is 1.24. The van der Waals surface area contributed by atoms with Crippen molar-refractivity contribution < 1.29 is 9.47 Å². The van der Waals surface area contributed by atoms with Crippen molar-refractivity contribution in [3.63, 3.8) is 0 Å². The van der Waals surface area contributed by atoms with Crippen molar-refractivity contribution in [1.29, 1.82) is 0 Å².